The van der Waals surface area contributed by atoms with Crippen LogP contribution < -0.4 is 9.64 Å². The van der Waals surface area contributed by atoms with Gasteiger partial charge in [-0.15, -0.1) is 0 Å². The number of fused-ring (bicyclic) bond motifs is 1. The lowest BCUT2D eigenvalue weighted by Crippen LogP contribution is -2.59. The zero-order valence-electron chi connectivity index (χ0n) is 17.0. The van der Waals surface area contributed by atoms with Gasteiger partial charge in [-0.05, 0) is 30.3 Å². The van der Waals surface area contributed by atoms with Crippen LogP contribution in [0.25, 0.3) is 11.2 Å². The lowest BCUT2D eigenvalue weighted by molar-refractivity contribution is 0.0643. The highest BCUT2D eigenvalue weighted by molar-refractivity contribution is 6.32. The van der Waals surface area contributed by atoms with E-state index in [1.165, 1.54) is 18.2 Å². The van der Waals surface area contributed by atoms with Crippen LogP contribution in [0.2, 0.25) is 10.2 Å². The Hall–Kier alpha value is -2.78. The highest BCUT2D eigenvalue weighted by Gasteiger charge is 2.35. The van der Waals surface area contributed by atoms with E-state index in [9.17, 15) is 9.18 Å². The summed E-state index contributed by atoms with van der Waals surface area (Å²) in [6, 6.07) is 7.96. The first-order chi connectivity index (χ1) is 15.5. The fourth-order valence-electron chi connectivity index (χ4n) is 3.84. The minimum Gasteiger partial charge on any atom is -0.492 e. The summed E-state index contributed by atoms with van der Waals surface area (Å²) in [5.74, 6) is 0.270. The highest BCUT2D eigenvalue weighted by Crippen LogP contribution is 2.27. The van der Waals surface area contributed by atoms with Crippen molar-refractivity contribution in [2.45, 2.75) is 0 Å². The van der Waals surface area contributed by atoms with Gasteiger partial charge < -0.3 is 23.9 Å². The number of carbonyl (C=O) groups excluding carboxylic acids is 1. The summed E-state index contributed by atoms with van der Waals surface area (Å²) in [5.41, 5.74) is 1.06. The maximum absolute atomic E-state index is 13.1. The van der Waals surface area contributed by atoms with Gasteiger partial charge in [-0.1, -0.05) is 23.2 Å². The van der Waals surface area contributed by atoms with Gasteiger partial charge in [-0.2, -0.15) is 4.98 Å². The van der Waals surface area contributed by atoms with Crippen molar-refractivity contribution < 1.29 is 18.3 Å². The Morgan fingerprint density at radius 3 is 2.62 bits per heavy atom. The molecule has 0 saturated carbocycles. The van der Waals surface area contributed by atoms with E-state index in [-0.39, 0.29) is 17.0 Å². The van der Waals surface area contributed by atoms with Crippen LogP contribution in [0.5, 0.6) is 5.75 Å². The molecule has 2 aromatic heterocycles. The number of urea groups is 1. The van der Waals surface area contributed by atoms with E-state index < -0.39 is 5.82 Å². The molecular formula is C21H20Cl2FN5O3. The number of anilines is 1. The zero-order valence-corrected chi connectivity index (χ0v) is 18.5. The topological polar surface area (TPSA) is 74.9 Å². The first-order valence-electron chi connectivity index (χ1n) is 10.3. The number of pyridine rings is 1. The number of carbonyl (C=O) groups is 1. The molecule has 11 heteroatoms. The van der Waals surface area contributed by atoms with Crippen LogP contribution in [0.4, 0.5) is 15.2 Å². The number of aromatic nitrogens is 2. The smallest absolute Gasteiger partial charge is 0.320 e. The molecule has 1 aromatic carbocycles. The van der Waals surface area contributed by atoms with E-state index in [1.54, 1.807) is 17.0 Å². The third-order valence-corrected chi connectivity index (χ3v) is 6.13. The first-order valence-corrected chi connectivity index (χ1v) is 11.0. The number of amides is 2. The molecule has 2 fully saturated rings. The maximum atomic E-state index is 13.1. The molecule has 2 aliphatic heterocycles. The molecule has 0 atom stereocenters. The molecule has 0 bridgehead atoms. The van der Waals surface area contributed by atoms with E-state index in [1.807, 2.05) is 9.80 Å². The predicted octanol–water partition coefficient (Wildman–Crippen LogP) is 3.92. The van der Waals surface area contributed by atoms with E-state index in [0.29, 0.717) is 74.0 Å². The maximum Gasteiger partial charge on any atom is 0.320 e. The molecule has 32 heavy (non-hydrogen) atoms. The Kier molecular flexibility index (Phi) is 5.69. The third kappa shape index (κ3) is 4.27. The summed E-state index contributed by atoms with van der Waals surface area (Å²) >= 11 is 11.9. The fourth-order valence-corrected chi connectivity index (χ4v) is 4.20. The number of halogens is 3. The van der Waals surface area contributed by atoms with Crippen molar-refractivity contribution in [3.05, 3.63) is 46.3 Å². The summed E-state index contributed by atoms with van der Waals surface area (Å²) in [4.78, 5) is 27.0. The van der Waals surface area contributed by atoms with E-state index in [2.05, 4.69) is 9.97 Å². The van der Waals surface area contributed by atoms with Crippen molar-refractivity contribution in [1.29, 1.82) is 0 Å². The number of hydrogen-bond acceptors (Lipinski definition) is 6. The third-order valence-electron chi connectivity index (χ3n) is 5.62. The molecule has 5 rings (SSSR count). The van der Waals surface area contributed by atoms with Gasteiger partial charge in [0.25, 0.3) is 6.01 Å². The molecular weight excluding hydrogens is 460 g/mol. The summed E-state index contributed by atoms with van der Waals surface area (Å²) in [6.07, 6.45) is 0. The summed E-state index contributed by atoms with van der Waals surface area (Å²) in [6.45, 7) is 4.07. The van der Waals surface area contributed by atoms with Crippen LogP contribution in [0.15, 0.2) is 34.7 Å². The molecule has 0 spiro atoms. The first kappa shape index (κ1) is 21.1. The fraction of sp³-hybridized carbons (Fsp3) is 0.381. The monoisotopic (exact) mass is 479 g/mol. The molecule has 2 saturated heterocycles. The van der Waals surface area contributed by atoms with Crippen molar-refractivity contribution in [2.75, 3.05) is 50.8 Å². The predicted molar refractivity (Wildman–Crippen MR) is 118 cm³/mol. The summed E-state index contributed by atoms with van der Waals surface area (Å²) in [5, 5.41) is 0.611. The van der Waals surface area contributed by atoms with Crippen LogP contribution >= 0.6 is 23.2 Å². The van der Waals surface area contributed by atoms with Crippen LogP contribution in [-0.4, -0.2) is 71.7 Å². The van der Waals surface area contributed by atoms with Crippen molar-refractivity contribution in [2.24, 2.45) is 5.92 Å². The number of benzene rings is 1. The zero-order chi connectivity index (χ0) is 22.2. The average molecular weight is 480 g/mol. The molecule has 2 aliphatic rings. The number of piperazine rings is 1. The normalized spacial score (nSPS) is 17.0. The highest BCUT2D eigenvalue weighted by atomic mass is 35.5. The second-order valence-electron chi connectivity index (χ2n) is 7.87. The van der Waals surface area contributed by atoms with Crippen molar-refractivity contribution in [1.82, 2.24) is 19.8 Å². The molecule has 0 N–H and O–H groups in total. The Labute approximate surface area is 193 Å². The largest absolute Gasteiger partial charge is 0.492 e. The van der Waals surface area contributed by atoms with Crippen molar-refractivity contribution in [3.63, 3.8) is 0 Å². The van der Waals surface area contributed by atoms with E-state index in [0.717, 1.165) is 0 Å². The summed E-state index contributed by atoms with van der Waals surface area (Å²) < 4.78 is 24.6. The van der Waals surface area contributed by atoms with Gasteiger partial charge in [0, 0.05) is 45.2 Å². The molecule has 0 aliphatic carbocycles. The van der Waals surface area contributed by atoms with Gasteiger partial charge in [0.1, 0.15) is 16.7 Å². The lowest BCUT2D eigenvalue weighted by Gasteiger charge is -2.43. The number of ether oxygens (including phenoxy) is 1. The number of oxazole rings is 1. The van der Waals surface area contributed by atoms with Crippen molar-refractivity contribution in [3.8, 4) is 5.75 Å². The second-order valence-corrected chi connectivity index (χ2v) is 8.66. The van der Waals surface area contributed by atoms with Crippen LogP contribution in [0, 0.1) is 11.7 Å². The van der Waals surface area contributed by atoms with Gasteiger partial charge in [0.15, 0.2) is 5.58 Å². The Morgan fingerprint density at radius 2 is 1.88 bits per heavy atom. The molecule has 4 heterocycles. The van der Waals surface area contributed by atoms with Gasteiger partial charge in [0.05, 0.1) is 11.6 Å². The van der Waals surface area contributed by atoms with Gasteiger partial charge >= 0.3 is 6.03 Å². The molecule has 168 valence electrons. The minimum absolute atomic E-state index is 0.0201. The lowest BCUT2D eigenvalue weighted by atomic mass is 10.0. The molecule has 8 nitrogen and oxygen atoms in total. The van der Waals surface area contributed by atoms with Gasteiger partial charge in [-0.25, -0.2) is 14.2 Å². The van der Waals surface area contributed by atoms with Crippen LogP contribution in [0.1, 0.15) is 0 Å². The number of nitrogens with zero attached hydrogens (tertiary/aromatic N) is 5. The number of likely N-dealkylation sites (tertiary alicyclic amines) is 1. The minimum atomic E-state index is -0.403. The molecule has 0 unspecified atom stereocenters. The average Bonchev–Trinajstić information content (AvgIpc) is 3.17. The quantitative estimate of drug-likeness (QED) is 0.527. The standard InChI is InChI=1S/C21H20Cl2FN5O3/c22-15-9-14(24)1-2-16(15)31-12-13-10-29(11-13)21(30)28-7-5-27(6-8-28)20-26-19-17(32-20)3-4-18(23)25-19/h1-4,9,13H,5-8,10-12H2. The number of hydrogen-bond donors (Lipinski definition) is 0. The Bertz CT molecular complexity index is 1150. The Balaban J connectivity index is 1.09. The van der Waals surface area contributed by atoms with E-state index in [4.69, 9.17) is 32.4 Å². The molecule has 2 amide bonds. The van der Waals surface area contributed by atoms with Gasteiger partial charge in [0.2, 0.25) is 5.65 Å². The second kappa shape index (κ2) is 8.63. The number of rotatable bonds is 4. The van der Waals surface area contributed by atoms with Crippen LogP contribution in [0.3, 0.4) is 0 Å². The SMILES string of the molecule is O=C(N1CCN(c2nc3nc(Cl)ccc3o2)CC1)N1CC(COc2ccc(F)cc2Cl)C1. The molecule has 3 aromatic rings. The van der Waals surface area contributed by atoms with E-state index >= 15 is 0 Å². The Morgan fingerprint density at radius 1 is 1.09 bits per heavy atom. The van der Waals surface area contributed by atoms with Gasteiger partial charge in [-0.3, -0.25) is 0 Å². The summed E-state index contributed by atoms with van der Waals surface area (Å²) in [7, 11) is 0. The van der Waals surface area contributed by atoms with Crippen LogP contribution in [-0.2, 0) is 0 Å². The van der Waals surface area contributed by atoms with Crippen molar-refractivity contribution >= 4 is 46.5 Å². The molecule has 0 radical (unpaired) electrons.